The van der Waals surface area contributed by atoms with E-state index in [4.69, 9.17) is 10.5 Å². The van der Waals surface area contributed by atoms with Crippen LogP contribution in [0.4, 0.5) is 10.2 Å². The molecule has 3 aromatic heterocycles. The Morgan fingerprint density at radius 3 is 2.26 bits per heavy atom. The van der Waals surface area contributed by atoms with Gasteiger partial charge in [-0.15, -0.1) is 0 Å². The zero-order valence-corrected chi connectivity index (χ0v) is 21.8. The predicted molar refractivity (Wildman–Crippen MR) is 139 cm³/mol. The van der Waals surface area contributed by atoms with Crippen LogP contribution >= 0.6 is 0 Å². The topological polar surface area (TPSA) is 111 Å². The number of ether oxygens (including phenoxy) is 1. The maximum atomic E-state index is 13.4. The molecule has 35 heavy (non-hydrogen) atoms. The smallest absolute Gasteiger partial charge is 0.165 e. The number of imidazole rings is 1. The van der Waals surface area contributed by atoms with E-state index in [1.807, 2.05) is 13.8 Å². The number of anilines is 1. The lowest BCUT2D eigenvalue weighted by Gasteiger charge is -2.09. The summed E-state index contributed by atoms with van der Waals surface area (Å²) in [6, 6.07) is 4.52. The number of hydrogen-bond acceptors (Lipinski definition) is 7. The number of hydrogen-bond donors (Lipinski definition) is 3. The van der Waals surface area contributed by atoms with Gasteiger partial charge in [0.15, 0.2) is 17.3 Å². The van der Waals surface area contributed by atoms with Crippen LogP contribution in [0.1, 0.15) is 83.5 Å². The highest BCUT2D eigenvalue weighted by molar-refractivity contribution is 5.65. The van der Waals surface area contributed by atoms with Gasteiger partial charge in [-0.3, -0.25) is 0 Å². The van der Waals surface area contributed by atoms with E-state index in [0.29, 0.717) is 34.4 Å². The zero-order valence-electron chi connectivity index (χ0n) is 21.8. The number of rotatable bonds is 4. The number of aliphatic hydroxyl groups excluding tert-OH is 1. The van der Waals surface area contributed by atoms with Crippen molar-refractivity contribution < 1.29 is 14.2 Å². The minimum absolute atomic E-state index is 0.206. The molecule has 0 atom stereocenters. The first kappa shape index (κ1) is 28.5. The second-order valence-corrected chi connectivity index (χ2v) is 8.29. The van der Waals surface area contributed by atoms with Crippen molar-refractivity contribution >= 4 is 11.5 Å². The first-order valence-corrected chi connectivity index (χ1v) is 12.7. The van der Waals surface area contributed by atoms with Crippen LogP contribution in [0.15, 0.2) is 18.2 Å². The number of methoxy groups -OCH3 is 1. The molecular formula is C26H41FN6O2. The fourth-order valence-corrected chi connectivity index (χ4v) is 3.58. The zero-order chi connectivity index (χ0) is 25.8. The molecule has 0 amide bonds. The summed E-state index contributed by atoms with van der Waals surface area (Å²) in [6.45, 7) is 10.5. The largest absolute Gasteiger partial charge is 0.495 e. The number of piperidine rings is 1. The number of fused-ring (bicyclic) bond motifs is 1. The van der Waals surface area contributed by atoms with Crippen LogP contribution < -0.4 is 15.8 Å². The molecule has 5 rings (SSSR count). The highest BCUT2D eigenvalue weighted by Crippen LogP contribution is 2.43. The maximum Gasteiger partial charge on any atom is 0.165 e. The first-order valence-electron chi connectivity index (χ1n) is 12.7. The van der Waals surface area contributed by atoms with Crippen LogP contribution in [0.2, 0.25) is 0 Å². The number of nitrogen functional groups attached to an aromatic ring is 1. The van der Waals surface area contributed by atoms with Gasteiger partial charge in [0.2, 0.25) is 0 Å². The summed E-state index contributed by atoms with van der Waals surface area (Å²) in [7, 11) is 1.60. The molecule has 0 bridgehead atoms. The average Bonchev–Trinajstić information content (AvgIpc) is 3.68. The second kappa shape index (κ2) is 14.6. The van der Waals surface area contributed by atoms with Crippen LogP contribution in [0.25, 0.3) is 17.0 Å². The Kier molecular flexibility index (Phi) is 11.9. The Hall–Kier alpha value is -2.78. The summed E-state index contributed by atoms with van der Waals surface area (Å²) < 4.78 is 20.4. The Morgan fingerprint density at radius 1 is 1.14 bits per heavy atom. The normalized spacial score (nSPS) is 14.6. The lowest BCUT2D eigenvalue weighted by Crippen LogP contribution is -2.21. The molecule has 9 heteroatoms. The van der Waals surface area contributed by atoms with Crippen molar-refractivity contribution in [3.8, 4) is 17.1 Å². The molecule has 1 aliphatic heterocycles. The van der Waals surface area contributed by atoms with E-state index in [2.05, 4.69) is 34.2 Å². The molecule has 0 aromatic carbocycles. The molecule has 2 fully saturated rings. The Balaban J connectivity index is 0.000000331. The minimum atomic E-state index is -0.591. The van der Waals surface area contributed by atoms with Gasteiger partial charge in [-0.2, -0.15) is 5.10 Å². The van der Waals surface area contributed by atoms with Crippen LogP contribution in [0.3, 0.4) is 0 Å². The van der Waals surface area contributed by atoms with Gasteiger partial charge in [-0.25, -0.2) is 18.9 Å². The minimum Gasteiger partial charge on any atom is -0.495 e. The monoisotopic (exact) mass is 488 g/mol. The molecule has 1 aliphatic carbocycles. The molecular weight excluding hydrogens is 447 g/mol. The van der Waals surface area contributed by atoms with Gasteiger partial charge < -0.3 is 20.9 Å². The van der Waals surface area contributed by atoms with Crippen molar-refractivity contribution in [3.05, 3.63) is 35.4 Å². The van der Waals surface area contributed by atoms with Crippen molar-refractivity contribution in [2.24, 2.45) is 0 Å². The lowest BCUT2D eigenvalue weighted by atomic mass is 10.2. The average molecular weight is 489 g/mol. The molecule has 0 unspecified atom stereocenters. The van der Waals surface area contributed by atoms with Gasteiger partial charge in [-0.05, 0) is 50.9 Å². The van der Waals surface area contributed by atoms with Crippen LogP contribution in [-0.4, -0.2) is 44.9 Å². The molecule has 0 radical (unpaired) electrons. The van der Waals surface area contributed by atoms with E-state index in [9.17, 15) is 9.50 Å². The van der Waals surface area contributed by atoms with Crippen molar-refractivity contribution in [2.75, 3.05) is 25.9 Å². The van der Waals surface area contributed by atoms with Crippen molar-refractivity contribution in [3.63, 3.8) is 0 Å². The maximum absolute atomic E-state index is 13.4. The molecule has 4 N–H and O–H groups in total. The molecule has 4 heterocycles. The third-order valence-corrected chi connectivity index (χ3v) is 5.33. The third-order valence-electron chi connectivity index (χ3n) is 5.33. The van der Waals surface area contributed by atoms with Crippen LogP contribution in [0, 0.1) is 5.82 Å². The molecule has 1 saturated heterocycles. The van der Waals surface area contributed by atoms with Crippen molar-refractivity contribution in [2.45, 2.75) is 78.7 Å². The summed E-state index contributed by atoms with van der Waals surface area (Å²) in [5.41, 5.74) is 8.27. The summed E-state index contributed by atoms with van der Waals surface area (Å²) in [5, 5.41) is 17.6. The Bertz CT molecular complexity index is 1040. The summed E-state index contributed by atoms with van der Waals surface area (Å²) in [4.78, 5) is 8.45. The molecule has 1 saturated carbocycles. The predicted octanol–water partition coefficient (Wildman–Crippen LogP) is 5.09. The van der Waals surface area contributed by atoms with E-state index in [-0.39, 0.29) is 12.4 Å². The number of aromatic nitrogens is 4. The molecule has 194 valence electrons. The highest BCUT2D eigenvalue weighted by Gasteiger charge is 2.30. The van der Waals surface area contributed by atoms with Gasteiger partial charge >= 0.3 is 0 Å². The van der Waals surface area contributed by atoms with E-state index < -0.39 is 5.82 Å². The summed E-state index contributed by atoms with van der Waals surface area (Å²) >= 11 is 0. The molecule has 3 aromatic rings. The molecule has 0 spiro atoms. The SMILES string of the molecule is C1CCNCC1.CC.CCC.COc1cc2nc(CO)c(-c3ccc(F)c(N)n3)n2nc1C1CC1. The molecule has 2 aliphatic rings. The number of nitrogens with two attached hydrogens (primary N) is 1. The van der Waals surface area contributed by atoms with Gasteiger partial charge in [0.25, 0.3) is 0 Å². The third kappa shape index (κ3) is 7.60. The van der Waals surface area contributed by atoms with Gasteiger partial charge in [0, 0.05) is 12.0 Å². The Morgan fingerprint density at radius 2 is 1.80 bits per heavy atom. The van der Waals surface area contributed by atoms with E-state index in [1.54, 1.807) is 17.7 Å². The number of nitrogens with one attached hydrogen (secondary N) is 1. The number of pyridine rings is 1. The summed E-state index contributed by atoms with van der Waals surface area (Å²) in [5.74, 6) is 0.245. The summed E-state index contributed by atoms with van der Waals surface area (Å²) in [6.07, 6.45) is 7.59. The van der Waals surface area contributed by atoms with Crippen LogP contribution in [-0.2, 0) is 6.61 Å². The fraction of sp³-hybridized carbons (Fsp3) is 0.577. The first-order chi connectivity index (χ1) is 17.0. The van der Waals surface area contributed by atoms with Crippen molar-refractivity contribution in [1.29, 1.82) is 0 Å². The highest BCUT2D eigenvalue weighted by atomic mass is 19.1. The number of nitrogens with zero attached hydrogens (tertiary/aromatic N) is 4. The second-order valence-electron chi connectivity index (χ2n) is 8.29. The van der Waals surface area contributed by atoms with Gasteiger partial charge in [0.05, 0.1) is 25.1 Å². The fourth-order valence-electron chi connectivity index (χ4n) is 3.58. The van der Waals surface area contributed by atoms with Gasteiger partial charge in [0.1, 0.15) is 17.1 Å². The van der Waals surface area contributed by atoms with Crippen molar-refractivity contribution in [1.82, 2.24) is 24.9 Å². The lowest BCUT2D eigenvalue weighted by molar-refractivity contribution is 0.278. The Labute approximate surface area is 208 Å². The standard InChI is InChI=1S/C16H16FN5O2.C5H11N.C3H8.C2H6/c1-24-12-6-13-19-11(7-23)15(10-5-4-9(17)16(18)20-10)22(13)21-14(12)8-2-3-8;1-2-4-6-5-3-1;1-3-2;1-2/h4-6,8,23H,2-3,7H2,1H3,(H2,18,20);6H,1-5H2;3H2,1-2H3;1-2H3. The number of halogens is 1. The van der Waals surface area contributed by atoms with E-state index in [0.717, 1.165) is 18.5 Å². The van der Waals surface area contributed by atoms with Gasteiger partial charge in [-0.1, -0.05) is 40.5 Å². The quantitative estimate of drug-likeness (QED) is 0.469. The van der Waals surface area contributed by atoms with E-state index in [1.165, 1.54) is 50.9 Å². The van der Waals surface area contributed by atoms with E-state index >= 15 is 0 Å². The van der Waals surface area contributed by atoms with Crippen LogP contribution in [0.5, 0.6) is 5.75 Å². The molecule has 8 nitrogen and oxygen atoms in total. The number of aliphatic hydroxyl groups is 1.